The van der Waals surface area contributed by atoms with E-state index >= 15 is 0 Å². The maximum Gasteiger partial charge on any atom is 0.335 e. The highest BCUT2D eigenvalue weighted by Gasteiger charge is 2.13. The highest BCUT2D eigenvalue weighted by molar-refractivity contribution is 5.95. The number of benzene rings is 2. The minimum Gasteiger partial charge on any atom is -0.478 e. The molecule has 0 bridgehead atoms. The number of hydrogen-bond acceptors (Lipinski definition) is 5. The maximum atomic E-state index is 13.3. The van der Waals surface area contributed by atoms with Gasteiger partial charge in [-0.1, -0.05) is 18.2 Å². The molecule has 3 aromatic rings. The normalized spacial score (nSPS) is 10.5. The summed E-state index contributed by atoms with van der Waals surface area (Å²) < 4.78 is 26.3. The Balaban J connectivity index is 1.60. The van der Waals surface area contributed by atoms with E-state index in [0.29, 0.717) is 11.1 Å². The Kier molecular flexibility index (Phi) is 6.83. The molecule has 2 amide bonds. The highest BCUT2D eigenvalue weighted by Crippen LogP contribution is 2.13. The van der Waals surface area contributed by atoms with E-state index in [4.69, 9.17) is 5.11 Å². The van der Waals surface area contributed by atoms with Gasteiger partial charge < -0.3 is 15.7 Å². The van der Waals surface area contributed by atoms with Gasteiger partial charge in [0.2, 0.25) is 5.91 Å². The summed E-state index contributed by atoms with van der Waals surface area (Å²) in [5.74, 6) is -4.08. The van der Waals surface area contributed by atoms with Crippen molar-refractivity contribution in [3.63, 3.8) is 0 Å². The van der Waals surface area contributed by atoms with Crippen LogP contribution >= 0.6 is 0 Å². The molecule has 8 nitrogen and oxygen atoms in total. The van der Waals surface area contributed by atoms with Gasteiger partial charge in [-0.25, -0.2) is 23.5 Å². The van der Waals surface area contributed by atoms with Crippen LogP contribution in [0.4, 0.5) is 14.6 Å². The van der Waals surface area contributed by atoms with Crippen molar-refractivity contribution in [3.8, 4) is 0 Å². The molecule has 0 atom stereocenters. The van der Waals surface area contributed by atoms with Gasteiger partial charge in [0.15, 0.2) is 11.6 Å². The number of amides is 2. The third kappa shape index (κ3) is 5.69. The average Bonchev–Trinajstić information content (AvgIpc) is 2.74. The zero-order valence-electron chi connectivity index (χ0n) is 16.9. The Morgan fingerprint density at radius 1 is 0.969 bits per heavy atom. The number of aromatic carboxylic acids is 1. The Labute approximate surface area is 181 Å². The second kappa shape index (κ2) is 9.73. The molecule has 1 heterocycles. The number of rotatable bonds is 7. The number of nitrogens with zero attached hydrogens (tertiary/aromatic N) is 2. The lowest BCUT2D eigenvalue weighted by Gasteiger charge is -2.09. The minimum atomic E-state index is -1.05. The van der Waals surface area contributed by atoms with Crippen LogP contribution in [0.1, 0.15) is 37.5 Å². The largest absolute Gasteiger partial charge is 0.478 e. The molecule has 3 N–H and O–H groups in total. The van der Waals surface area contributed by atoms with Crippen molar-refractivity contribution >= 4 is 23.6 Å². The molecule has 0 fully saturated rings. The molecule has 0 saturated heterocycles. The first-order valence-electron chi connectivity index (χ1n) is 9.40. The highest BCUT2D eigenvalue weighted by atomic mass is 19.2. The summed E-state index contributed by atoms with van der Waals surface area (Å²) in [4.78, 5) is 43.4. The predicted molar refractivity (Wildman–Crippen MR) is 110 cm³/mol. The summed E-state index contributed by atoms with van der Waals surface area (Å²) >= 11 is 0. The summed E-state index contributed by atoms with van der Waals surface area (Å²) in [7, 11) is 0. The number of aromatic nitrogens is 2. The lowest BCUT2D eigenvalue weighted by molar-refractivity contribution is -0.115. The quantitative estimate of drug-likeness (QED) is 0.520. The molecule has 0 aliphatic rings. The third-order valence-corrected chi connectivity index (χ3v) is 4.49. The second-order valence-electron chi connectivity index (χ2n) is 6.90. The van der Waals surface area contributed by atoms with Crippen LogP contribution in [0.3, 0.4) is 0 Å². The zero-order chi connectivity index (χ0) is 23.3. The van der Waals surface area contributed by atoms with E-state index in [9.17, 15) is 23.2 Å². The molecule has 0 saturated carbocycles. The van der Waals surface area contributed by atoms with Crippen LogP contribution in [0.2, 0.25) is 0 Å². The van der Waals surface area contributed by atoms with E-state index in [2.05, 4.69) is 20.6 Å². The van der Waals surface area contributed by atoms with Crippen molar-refractivity contribution in [3.05, 3.63) is 88.4 Å². The van der Waals surface area contributed by atoms with Crippen LogP contribution in [0.25, 0.3) is 0 Å². The van der Waals surface area contributed by atoms with Crippen LogP contribution in [-0.2, 0) is 17.8 Å². The van der Waals surface area contributed by atoms with E-state index in [1.165, 1.54) is 18.2 Å². The number of carbonyl (C=O) groups excluding carboxylic acids is 2. The second-order valence-corrected chi connectivity index (χ2v) is 6.90. The number of hydrogen-bond donors (Lipinski definition) is 3. The SMILES string of the molecule is Cc1cc(CNC(=O)c2cc(NC(=O)Cc3ccc(F)c(F)c3)ncn2)ccc1C(=O)O. The number of halogens is 2. The first kappa shape index (κ1) is 22.5. The van der Waals surface area contributed by atoms with Gasteiger partial charge in [-0.15, -0.1) is 0 Å². The molecule has 0 radical (unpaired) electrons. The smallest absolute Gasteiger partial charge is 0.335 e. The molecule has 0 spiro atoms. The fraction of sp³-hybridized carbons (Fsp3) is 0.136. The summed E-state index contributed by atoms with van der Waals surface area (Å²) in [6.07, 6.45) is 0.891. The maximum absolute atomic E-state index is 13.3. The molecule has 3 rings (SSSR count). The molecule has 32 heavy (non-hydrogen) atoms. The van der Waals surface area contributed by atoms with Gasteiger partial charge >= 0.3 is 5.97 Å². The van der Waals surface area contributed by atoms with Gasteiger partial charge in [-0.3, -0.25) is 9.59 Å². The minimum absolute atomic E-state index is 0.00186. The van der Waals surface area contributed by atoms with Crippen molar-refractivity contribution in [2.45, 2.75) is 19.9 Å². The first-order valence-corrected chi connectivity index (χ1v) is 9.40. The molecule has 164 valence electrons. The zero-order valence-corrected chi connectivity index (χ0v) is 16.9. The molecule has 0 aliphatic carbocycles. The lowest BCUT2D eigenvalue weighted by atomic mass is 10.1. The molecular formula is C22H18F2N4O4. The lowest BCUT2D eigenvalue weighted by Crippen LogP contribution is -2.24. The third-order valence-electron chi connectivity index (χ3n) is 4.49. The van der Waals surface area contributed by atoms with Crippen molar-refractivity contribution in [2.24, 2.45) is 0 Å². The standard InChI is InChI=1S/C22H18F2N4O4/c1-12-6-14(2-4-15(12)22(31)32)10-25-21(30)18-9-19(27-11-26-18)28-20(29)8-13-3-5-16(23)17(24)7-13/h2-7,9,11H,8,10H2,1H3,(H,25,30)(H,31,32)(H,26,27,28,29). The summed E-state index contributed by atoms with van der Waals surface area (Å²) in [5, 5.41) is 14.2. The predicted octanol–water partition coefficient (Wildman–Crippen LogP) is 2.87. The molecule has 10 heteroatoms. The van der Waals surface area contributed by atoms with E-state index < -0.39 is 29.4 Å². The van der Waals surface area contributed by atoms with Gasteiger partial charge in [-0.2, -0.15) is 0 Å². The molecule has 1 aromatic heterocycles. The van der Waals surface area contributed by atoms with Crippen molar-refractivity contribution < 1.29 is 28.3 Å². The van der Waals surface area contributed by atoms with Crippen LogP contribution < -0.4 is 10.6 Å². The number of anilines is 1. The monoisotopic (exact) mass is 440 g/mol. The first-order chi connectivity index (χ1) is 15.2. The number of aryl methyl sites for hydroxylation is 1. The topological polar surface area (TPSA) is 121 Å². The fourth-order valence-electron chi connectivity index (χ4n) is 2.92. The number of nitrogens with one attached hydrogen (secondary N) is 2. The summed E-state index contributed by atoms with van der Waals surface area (Å²) in [6, 6.07) is 9.15. The van der Waals surface area contributed by atoms with Crippen LogP contribution in [-0.4, -0.2) is 32.9 Å². The fourth-order valence-corrected chi connectivity index (χ4v) is 2.92. The van der Waals surface area contributed by atoms with Gasteiger partial charge in [0.05, 0.1) is 12.0 Å². The van der Waals surface area contributed by atoms with Gasteiger partial charge in [0.25, 0.3) is 5.91 Å². The van der Waals surface area contributed by atoms with Crippen LogP contribution in [0, 0.1) is 18.6 Å². The number of carboxylic acids is 1. The van der Waals surface area contributed by atoms with E-state index in [-0.39, 0.29) is 35.6 Å². The Morgan fingerprint density at radius 2 is 1.72 bits per heavy atom. The Bertz CT molecular complexity index is 1200. The average molecular weight is 440 g/mol. The Morgan fingerprint density at radius 3 is 2.41 bits per heavy atom. The van der Waals surface area contributed by atoms with Crippen molar-refractivity contribution in [1.29, 1.82) is 0 Å². The number of carboxylic acid groups (broad SMARTS) is 1. The van der Waals surface area contributed by atoms with Crippen LogP contribution in [0.15, 0.2) is 48.8 Å². The molecule has 2 aromatic carbocycles. The van der Waals surface area contributed by atoms with Gasteiger partial charge in [-0.05, 0) is 41.8 Å². The van der Waals surface area contributed by atoms with Gasteiger partial charge in [0.1, 0.15) is 17.8 Å². The Hall–Kier alpha value is -4.21. The van der Waals surface area contributed by atoms with E-state index in [0.717, 1.165) is 18.5 Å². The van der Waals surface area contributed by atoms with Crippen molar-refractivity contribution in [2.75, 3.05) is 5.32 Å². The molecular weight excluding hydrogens is 422 g/mol. The molecule has 0 unspecified atom stereocenters. The number of carbonyl (C=O) groups is 3. The molecule has 0 aliphatic heterocycles. The summed E-state index contributed by atoms with van der Waals surface area (Å²) in [6.45, 7) is 1.80. The van der Waals surface area contributed by atoms with Gasteiger partial charge in [0, 0.05) is 12.6 Å². The van der Waals surface area contributed by atoms with Crippen LogP contribution in [0.5, 0.6) is 0 Å². The summed E-state index contributed by atoms with van der Waals surface area (Å²) in [5.41, 5.74) is 1.73. The van der Waals surface area contributed by atoms with Crippen molar-refractivity contribution in [1.82, 2.24) is 15.3 Å². The van der Waals surface area contributed by atoms with E-state index in [1.807, 2.05) is 0 Å². The van der Waals surface area contributed by atoms with E-state index in [1.54, 1.807) is 19.1 Å².